The lowest BCUT2D eigenvalue weighted by atomic mass is 10.0. The number of para-hydroxylation sites is 1. The third-order valence-electron chi connectivity index (χ3n) is 4.46. The zero-order chi connectivity index (χ0) is 17.1. The highest BCUT2D eigenvalue weighted by Gasteiger charge is 2.23. The molecule has 0 atom stereocenters. The van der Waals surface area contributed by atoms with Crippen molar-refractivity contribution in [1.29, 1.82) is 0 Å². The number of furan rings is 1. The predicted octanol–water partition coefficient (Wildman–Crippen LogP) is 3.33. The molecule has 1 aliphatic rings. The number of anilines is 1. The third-order valence-corrected chi connectivity index (χ3v) is 4.46. The van der Waals surface area contributed by atoms with Gasteiger partial charge < -0.3 is 19.2 Å². The van der Waals surface area contributed by atoms with Crippen molar-refractivity contribution in [3.8, 4) is 11.5 Å². The van der Waals surface area contributed by atoms with Crippen LogP contribution in [0.4, 0.5) is 5.69 Å². The molecule has 4 rings (SSSR count). The van der Waals surface area contributed by atoms with E-state index in [1.54, 1.807) is 24.5 Å². The van der Waals surface area contributed by atoms with Gasteiger partial charge in [0, 0.05) is 30.9 Å². The summed E-state index contributed by atoms with van der Waals surface area (Å²) in [5.74, 6) is 0.802. The highest BCUT2D eigenvalue weighted by molar-refractivity contribution is 5.93. The number of aromatic nitrogens is 1. The summed E-state index contributed by atoms with van der Waals surface area (Å²) in [6, 6.07) is 15.6. The van der Waals surface area contributed by atoms with E-state index in [1.165, 1.54) is 5.69 Å². The summed E-state index contributed by atoms with van der Waals surface area (Å²) in [4.78, 5) is 14.7. The Hall–Kier alpha value is -3.02. The lowest BCUT2D eigenvalue weighted by molar-refractivity contribution is 0.0922. The van der Waals surface area contributed by atoms with Crippen LogP contribution in [0.1, 0.15) is 23.3 Å². The van der Waals surface area contributed by atoms with Gasteiger partial charge in [0.1, 0.15) is 0 Å². The summed E-state index contributed by atoms with van der Waals surface area (Å²) in [6.07, 6.45) is 3.37. The van der Waals surface area contributed by atoms with Crippen LogP contribution in [0.15, 0.2) is 63.7 Å². The minimum Gasteiger partial charge on any atom is -0.461 e. The lowest BCUT2D eigenvalue weighted by Crippen LogP contribution is -2.44. The largest absolute Gasteiger partial charge is 0.461 e. The van der Waals surface area contributed by atoms with Gasteiger partial charge in [-0.15, -0.1) is 0 Å². The Bertz CT molecular complexity index is 819. The second-order valence-electron chi connectivity index (χ2n) is 6.12. The number of hydrogen-bond acceptors (Lipinski definition) is 5. The second kappa shape index (κ2) is 6.84. The highest BCUT2D eigenvalue weighted by Crippen LogP contribution is 2.22. The van der Waals surface area contributed by atoms with E-state index < -0.39 is 0 Å². The van der Waals surface area contributed by atoms with Crippen molar-refractivity contribution in [2.75, 3.05) is 18.0 Å². The summed E-state index contributed by atoms with van der Waals surface area (Å²) in [7, 11) is 0. The van der Waals surface area contributed by atoms with Gasteiger partial charge in [0.05, 0.1) is 6.26 Å². The van der Waals surface area contributed by atoms with Crippen LogP contribution in [-0.4, -0.2) is 30.2 Å². The Morgan fingerprint density at radius 3 is 2.60 bits per heavy atom. The molecule has 128 valence electrons. The average molecular weight is 337 g/mol. The van der Waals surface area contributed by atoms with Crippen molar-refractivity contribution in [3.05, 3.63) is 60.5 Å². The minimum absolute atomic E-state index is 0.149. The van der Waals surface area contributed by atoms with Gasteiger partial charge in [0.25, 0.3) is 5.91 Å². The van der Waals surface area contributed by atoms with E-state index in [4.69, 9.17) is 8.94 Å². The maximum absolute atomic E-state index is 12.4. The van der Waals surface area contributed by atoms with E-state index in [9.17, 15) is 4.79 Å². The van der Waals surface area contributed by atoms with Crippen molar-refractivity contribution in [2.45, 2.75) is 18.9 Å². The van der Waals surface area contributed by atoms with E-state index in [2.05, 4.69) is 27.5 Å². The molecule has 6 nitrogen and oxygen atoms in total. The molecule has 1 aromatic carbocycles. The quantitative estimate of drug-likeness (QED) is 0.790. The van der Waals surface area contributed by atoms with Crippen LogP contribution in [0.5, 0.6) is 0 Å². The Balaban J connectivity index is 1.33. The number of amides is 1. The SMILES string of the molecule is O=C(NC1CCN(c2ccccc2)CC1)c1cc(-c2ccco2)on1. The number of carbonyl (C=O) groups excluding carboxylic acids is 1. The Morgan fingerprint density at radius 2 is 1.88 bits per heavy atom. The molecule has 3 heterocycles. The average Bonchev–Trinajstić information content (AvgIpc) is 3.35. The van der Waals surface area contributed by atoms with Crippen molar-refractivity contribution in [2.24, 2.45) is 0 Å². The third kappa shape index (κ3) is 3.42. The lowest BCUT2D eigenvalue weighted by Gasteiger charge is -2.33. The Labute approximate surface area is 145 Å². The zero-order valence-electron chi connectivity index (χ0n) is 13.7. The Kier molecular flexibility index (Phi) is 4.24. The van der Waals surface area contributed by atoms with Gasteiger partial charge in [-0.25, -0.2) is 0 Å². The van der Waals surface area contributed by atoms with Crippen molar-refractivity contribution < 1.29 is 13.7 Å². The fourth-order valence-electron chi connectivity index (χ4n) is 3.10. The second-order valence-corrected chi connectivity index (χ2v) is 6.12. The summed E-state index contributed by atoms with van der Waals surface area (Å²) in [6.45, 7) is 1.84. The van der Waals surface area contributed by atoms with E-state index in [-0.39, 0.29) is 17.6 Å². The fraction of sp³-hybridized carbons (Fsp3) is 0.263. The van der Waals surface area contributed by atoms with Crippen molar-refractivity contribution in [3.63, 3.8) is 0 Å². The molecule has 0 spiro atoms. The molecule has 1 aliphatic heterocycles. The molecule has 6 heteroatoms. The maximum Gasteiger partial charge on any atom is 0.273 e. The first-order valence-corrected chi connectivity index (χ1v) is 8.41. The highest BCUT2D eigenvalue weighted by atomic mass is 16.5. The summed E-state index contributed by atoms with van der Waals surface area (Å²) in [5.41, 5.74) is 1.50. The number of rotatable bonds is 4. The molecular weight excluding hydrogens is 318 g/mol. The number of nitrogens with one attached hydrogen (secondary N) is 1. The first-order chi connectivity index (χ1) is 12.3. The fourth-order valence-corrected chi connectivity index (χ4v) is 3.10. The molecule has 25 heavy (non-hydrogen) atoms. The molecule has 2 aromatic heterocycles. The first-order valence-electron chi connectivity index (χ1n) is 8.41. The van der Waals surface area contributed by atoms with Crippen molar-refractivity contribution in [1.82, 2.24) is 10.5 Å². The number of benzene rings is 1. The van der Waals surface area contributed by atoms with Gasteiger partial charge in [-0.2, -0.15) is 0 Å². The molecular formula is C19H19N3O3. The number of nitrogens with zero attached hydrogens (tertiary/aromatic N) is 2. The van der Waals surface area contributed by atoms with E-state index in [0.29, 0.717) is 11.5 Å². The number of carbonyl (C=O) groups is 1. The van der Waals surface area contributed by atoms with E-state index in [0.717, 1.165) is 25.9 Å². The maximum atomic E-state index is 12.4. The predicted molar refractivity (Wildman–Crippen MR) is 93.3 cm³/mol. The minimum atomic E-state index is -0.209. The van der Waals surface area contributed by atoms with Gasteiger partial charge >= 0.3 is 0 Å². The van der Waals surface area contributed by atoms with Crippen LogP contribution in [-0.2, 0) is 0 Å². The van der Waals surface area contributed by atoms with Gasteiger partial charge in [0.2, 0.25) is 5.76 Å². The van der Waals surface area contributed by atoms with Crippen LogP contribution in [0, 0.1) is 0 Å². The van der Waals surface area contributed by atoms with Crippen LogP contribution >= 0.6 is 0 Å². The van der Waals surface area contributed by atoms with Crippen molar-refractivity contribution >= 4 is 11.6 Å². The molecule has 0 radical (unpaired) electrons. The van der Waals surface area contributed by atoms with E-state index >= 15 is 0 Å². The van der Waals surface area contributed by atoms with E-state index in [1.807, 2.05) is 18.2 Å². The summed E-state index contributed by atoms with van der Waals surface area (Å²) in [5, 5.41) is 6.89. The Morgan fingerprint density at radius 1 is 1.08 bits per heavy atom. The molecule has 0 bridgehead atoms. The van der Waals surface area contributed by atoms with Gasteiger partial charge in [0.15, 0.2) is 11.5 Å². The smallest absolute Gasteiger partial charge is 0.273 e. The van der Waals surface area contributed by atoms with Crippen LogP contribution in [0.25, 0.3) is 11.5 Å². The molecule has 1 amide bonds. The molecule has 1 saturated heterocycles. The topological polar surface area (TPSA) is 71.5 Å². The standard InChI is InChI=1S/C19H19N3O3/c23-19(16-13-18(25-21-16)17-7-4-12-24-17)20-14-8-10-22(11-9-14)15-5-2-1-3-6-15/h1-7,12-14H,8-11H2,(H,20,23). The molecule has 0 aliphatic carbocycles. The number of hydrogen-bond donors (Lipinski definition) is 1. The molecule has 3 aromatic rings. The van der Waals surface area contributed by atoms with Gasteiger partial charge in [-0.1, -0.05) is 23.4 Å². The zero-order valence-corrected chi connectivity index (χ0v) is 13.7. The summed E-state index contributed by atoms with van der Waals surface area (Å²) < 4.78 is 10.4. The number of piperidine rings is 1. The molecule has 1 fully saturated rings. The summed E-state index contributed by atoms with van der Waals surface area (Å²) >= 11 is 0. The molecule has 0 saturated carbocycles. The van der Waals surface area contributed by atoms with Gasteiger partial charge in [-0.05, 0) is 37.1 Å². The monoisotopic (exact) mass is 337 g/mol. The van der Waals surface area contributed by atoms with Crippen LogP contribution in [0.2, 0.25) is 0 Å². The molecule has 0 unspecified atom stereocenters. The van der Waals surface area contributed by atoms with Crippen LogP contribution < -0.4 is 10.2 Å². The van der Waals surface area contributed by atoms with Crippen LogP contribution in [0.3, 0.4) is 0 Å². The molecule has 1 N–H and O–H groups in total. The first kappa shape index (κ1) is 15.5. The van der Waals surface area contributed by atoms with Gasteiger partial charge in [-0.3, -0.25) is 4.79 Å². The normalized spacial score (nSPS) is 15.3.